The fourth-order valence-corrected chi connectivity index (χ4v) is 2.44. The van der Waals surface area contributed by atoms with Gasteiger partial charge in [0.2, 0.25) is 0 Å². The highest BCUT2D eigenvalue weighted by Gasteiger charge is 2.23. The van der Waals surface area contributed by atoms with Crippen molar-refractivity contribution in [1.29, 1.82) is 0 Å². The number of carbonyl (C=O) groups excluding carboxylic acids is 3. The van der Waals surface area contributed by atoms with Crippen molar-refractivity contribution >= 4 is 17.8 Å². The molecule has 6 heteroatoms. The van der Waals surface area contributed by atoms with E-state index >= 15 is 0 Å². The number of nitrogens with one attached hydrogen (secondary N) is 1. The van der Waals surface area contributed by atoms with Crippen LogP contribution in [0.1, 0.15) is 23.2 Å². The second kappa shape index (κ2) is 9.36. The Bertz CT molecular complexity index is 756. The largest absolute Gasteiger partial charge is 0.469 e. The number of methoxy groups -OCH3 is 2. The van der Waals surface area contributed by atoms with Crippen LogP contribution in [0.2, 0.25) is 0 Å². The summed E-state index contributed by atoms with van der Waals surface area (Å²) in [5.41, 5.74) is 2.44. The van der Waals surface area contributed by atoms with Crippen LogP contribution in [0, 0.1) is 0 Å². The lowest BCUT2D eigenvalue weighted by Gasteiger charge is -2.16. The summed E-state index contributed by atoms with van der Waals surface area (Å²) in [4.78, 5) is 35.5. The van der Waals surface area contributed by atoms with E-state index in [0.29, 0.717) is 5.56 Å². The third-order valence-corrected chi connectivity index (χ3v) is 3.91. The van der Waals surface area contributed by atoms with Gasteiger partial charge in [-0.1, -0.05) is 42.5 Å². The molecule has 0 saturated carbocycles. The van der Waals surface area contributed by atoms with E-state index < -0.39 is 23.9 Å². The third-order valence-electron chi connectivity index (χ3n) is 3.91. The Morgan fingerprint density at radius 1 is 0.885 bits per heavy atom. The number of carbonyl (C=O) groups is 3. The summed E-state index contributed by atoms with van der Waals surface area (Å²) < 4.78 is 9.24. The number of benzene rings is 2. The minimum Gasteiger partial charge on any atom is -0.469 e. The molecular weight excluding hydrogens is 334 g/mol. The highest BCUT2D eigenvalue weighted by molar-refractivity contribution is 5.97. The normalized spacial score (nSPS) is 11.3. The van der Waals surface area contributed by atoms with E-state index in [0.717, 1.165) is 11.1 Å². The predicted octanol–water partition coefficient (Wildman–Crippen LogP) is 2.58. The Morgan fingerprint density at radius 2 is 1.50 bits per heavy atom. The summed E-state index contributed by atoms with van der Waals surface area (Å²) in [5.74, 6) is -1.48. The van der Waals surface area contributed by atoms with Gasteiger partial charge in [0.25, 0.3) is 5.91 Å². The molecular formula is C20H21NO5. The van der Waals surface area contributed by atoms with Gasteiger partial charge in [0.05, 0.1) is 14.2 Å². The van der Waals surface area contributed by atoms with Crippen LogP contribution in [0.4, 0.5) is 0 Å². The lowest BCUT2D eigenvalue weighted by molar-refractivity contribution is -0.144. The lowest BCUT2D eigenvalue weighted by atomic mass is 10.0. The molecule has 136 valence electrons. The van der Waals surface area contributed by atoms with Gasteiger partial charge in [-0.05, 0) is 29.7 Å². The Labute approximate surface area is 152 Å². The minimum atomic E-state index is -0.916. The predicted molar refractivity (Wildman–Crippen MR) is 96.4 cm³/mol. The molecule has 0 unspecified atom stereocenters. The summed E-state index contributed by atoms with van der Waals surface area (Å²) in [6.07, 6.45) is 0.108. The molecule has 0 aliphatic rings. The summed E-state index contributed by atoms with van der Waals surface area (Å²) in [6, 6.07) is 15.9. The standard InChI is InChI=1S/C20H21NO5/c1-25-18(22)13-12-17(20(24)26-2)21-19(23)16-10-8-15(9-11-16)14-6-4-3-5-7-14/h3-11,17H,12-13H2,1-2H3,(H,21,23)/t17-/m1/s1. The van der Waals surface area contributed by atoms with Gasteiger partial charge in [-0.15, -0.1) is 0 Å². The number of rotatable bonds is 7. The van der Waals surface area contributed by atoms with E-state index in [1.165, 1.54) is 14.2 Å². The van der Waals surface area contributed by atoms with Crippen LogP contribution in [-0.4, -0.2) is 38.1 Å². The van der Waals surface area contributed by atoms with E-state index in [-0.39, 0.29) is 12.8 Å². The van der Waals surface area contributed by atoms with Crippen LogP contribution < -0.4 is 5.32 Å². The van der Waals surface area contributed by atoms with Crippen molar-refractivity contribution in [2.45, 2.75) is 18.9 Å². The molecule has 26 heavy (non-hydrogen) atoms. The Kier molecular flexibility index (Phi) is 6.91. The maximum Gasteiger partial charge on any atom is 0.328 e. The zero-order valence-corrected chi connectivity index (χ0v) is 14.7. The molecule has 1 amide bonds. The van der Waals surface area contributed by atoms with Crippen molar-refractivity contribution in [3.63, 3.8) is 0 Å². The van der Waals surface area contributed by atoms with Gasteiger partial charge < -0.3 is 14.8 Å². The van der Waals surface area contributed by atoms with E-state index in [1.54, 1.807) is 12.1 Å². The molecule has 0 fully saturated rings. The van der Waals surface area contributed by atoms with Crippen LogP contribution in [-0.2, 0) is 19.1 Å². The summed E-state index contributed by atoms with van der Waals surface area (Å²) >= 11 is 0. The second-order valence-corrected chi connectivity index (χ2v) is 5.61. The number of amides is 1. The van der Waals surface area contributed by atoms with Gasteiger partial charge in [0.15, 0.2) is 0 Å². The van der Waals surface area contributed by atoms with Crippen molar-refractivity contribution in [1.82, 2.24) is 5.32 Å². The smallest absolute Gasteiger partial charge is 0.328 e. The van der Waals surface area contributed by atoms with Gasteiger partial charge in [0, 0.05) is 12.0 Å². The zero-order valence-electron chi connectivity index (χ0n) is 14.7. The monoisotopic (exact) mass is 355 g/mol. The molecule has 0 radical (unpaired) electrons. The van der Waals surface area contributed by atoms with Crippen LogP contribution in [0.5, 0.6) is 0 Å². The highest BCUT2D eigenvalue weighted by Crippen LogP contribution is 2.19. The number of hydrogen-bond acceptors (Lipinski definition) is 5. The first kappa shape index (κ1) is 19.2. The molecule has 0 bridgehead atoms. The fraction of sp³-hybridized carbons (Fsp3) is 0.250. The topological polar surface area (TPSA) is 81.7 Å². The van der Waals surface area contributed by atoms with Gasteiger partial charge in [-0.2, -0.15) is 0 Å². The van der Waals surface area contributed by atoms with Gasteiger partial charge in [-0.3, -0.25) is 9.59 Å². The molecule has 0 aliphatic carbocycles. The third kappa shape index (κ3) is 5.17. The van der Waals surface area contributed by atoms with Gasteiger partial charge in [-0.25, -0.2) is 4.79 Å². The van der Waals surface area contributed by atoms with Crippen molar-refractivity contribution in [3.8, 4) is 11.1 Å². The Morgan fingerprint density at radius 3 is 2.08 bits per heavy atom. The van der Waals surface area contributed by atoms with Crippen LogP contribution >= 0.6 is 0 Å². The first-order valence-corrected chi connectivity index (χ1v) is 8.16. The van der Waals surface area contributed by atoms with Gasteiger partial charge in [0.1, 0.15) is 6.04 Å². The first-order chi connectivity index (χ1) is 12.5. The molecule has 2 aromatic carbocycles. The van der Waals surface area contributed by atoms with Crippen LogP contribution in [0.25, 0.3) is 11.1 Å². The molecule has 1 N–H and O–H groups in total. The van der Waals surface area contributed by atoms with Crippen molar-refractivity contribution in [3.05, 3.63) is 60.2 Å². The van der Waals surface area contributed by atoms with Crippen molar-refractivity contribution < 1.29 is 23.9 Å². The van der Waals surface area contributed by atoms with E-state index in [2.05, 4.69) is 14.8 Å². The Hall–Kier alpha value is -3.15. The molecule has 1 atom stereocenters. The molecule has 0 aromatic heterocycles. The fourth-order valence-electron chi connectivity index (χ4n) is 2.44. The molecule has 0 heterocycles. The summed E-state index contributed by atoms with van der Waals surface area (Å²) in [7, 11) is 2.50. The zero-order chi connectivity index (χ0) is 18.9. The average Bonchev–Trinajstić information content (AvgIpc) is 2.70. The van der Waals surface area contributed by atoms with Crippen LogP contribution in [0.15, 0.2) is 54.6 Å². The molecule has 0 spiro atoms. The minimum absolute atomic E-state index is 0.00346. The quantitative estimate of drug-likeness (QED) is 0.772. The molecule has 0 aliphatic heterocycles. The number of hydrogen-bond donors (Lipinski definition) is 1. The second-order valence-electron chi connectivity index (χ2n) is 5.61. The maximum absolute atomic E-state index is 12.4. The van der Waals surface area contributed by atoms with Gasteiger partial charge >= 0.3 is 11.9 Å². The molecule has 0 saturated heterocycles. The van der Waals surface area contributed by atoms with E-state index in [4.69, 9.17) is 0 Å². The highest BCUT2D eigenvalue weighted by atomic mass is 16.5. The van der Waals surface area contributed by atoms with Crippen molar-refractivity contribution in [2.75, 3.05) is 14.2 Å². The molecule has 2 rings (SSSR count). The summed E-state index contributed by atoms with van der Waals surface area (Å²) in [6.45, 7) is 0. The van der Waals surface area contributed by atoms with E-state index in [9.17, 15) is 14.4 Å². The maximum atomic E-state index is 12.4. The first-order valence-electron chi connectivity index (χ1n) is 8.16. The number of ether oxygens (including phenoxy) is 2. The Balaban J connectivity index is 2.06. The van der Waals surface area contributed by atoms with Crippen LogP contribution in [0.3, 0.4) is 0 Å². The number of esters is 2. The SMILES string of the molecule is COC(=O)CC[C@@H](NC(=O)c1ccc(-c2ccccc2)cc1)C(=O)OC. The van der Waals surface area contributed by atoms with E-state index in [1.807, 2.05) is 42.5 Å². The molecule has 6 nitrogen and oxygen atoms in total. The summed E-state index contributed by atoms with van der Waals surface area (Å²) in [5, 5.41) is 2.60. The molecule has 2 aromatic rings. The average molecular weight is 355 g/mol. The lowest BCUT2D eigenvalue weighted by Crippen LogP contribution is -2.41. The van der Waals surface area contributed by atoms with Crippen molar-refractivity contribution in [2.24, 2.45) is 0 Å².